The Hall–Kier alpha value is -2.18. The van der Waals surface area contributed by atoms with Gasteiger partial charge in [0, 0.05) is 10.2 Å². The molecule has 2 aliphatic rings. The molecule has 1 atom stereocenters. The first-order valence-electron chi connectivity index (χ1n) is 8.90. The SMILES string of the molecule is O=C1C[C@H]([NH+]2CCN(c3ccccc3)CC2)C(=O)N1c1ccc(Br)cc1. The molecule has 0 aromatic heterocycles. The lowest BCUT2D eigenvalue weighted by Gasteiger charge is -2.35. The number of carbonyl (C=O) groups excluding carboxylic acids is 2. The van der Waals surface area contributed by atoms with Gasteiger partial charge in [0.25, 0.3) is 5.91 Å². The summed E-state index contributed by atoms with van der Waals surface area (Å²) in [4.78, 5) is 30.3. The Kier molecular flexibility index (Phi) is 4.78. The molecular formula is C20H21BrN3O2+. The molecule has 0 aliphatic carbocycles. The molecule has 0 spiro atoms. The van der Waals surface area contributed by atoms with Crippen LogP contribution >= 0.6 is 15.9 Å². The van der Waals surface area contributed by atoms with E-state index < -0.39 is 0 Å². The number of hydrogen-bond acceptors (Lipinski definition) is 3. The van der Waals surface area contributed by atoms with Gasteiger partial charge in [-0.05, 0) is 36.4 Å². The average molecular weight is 415 g/mol. The second kappa shape index (κ2) is 7.21. The fourth-order valence-corrected chi connectivity index (χ4v) is 4.12. The Morgan fingerprint density at radius 2 is 1.54 bits per heavy atom. The normalized spacial score (nSPS) is 21.5. The van der Waals surface area contributed by atoms with E-state index in [9.17, 15) is 9.59 Å². The molecule has 0 unspecified atom stereocenters. The van der Waals surface area contributed by atoms with E-state index in [0.29, 0.717) is 12.1 Å². The Bertz CT molecular complexity index is 802. The molecule has 5 nitrogen and oxygen atoms in total. The lowest BCUT2D eigenvalue weighted by atomic mass is 10.1. The van der Waals surface area contributed by atoms with Gasteiger partial charge in [-0.15, -0.1) is 0 Å². The molecule has 2 amide bonds. The number of nitrogens with zero attached hydrogens (tertiary/aromatic N) is 2. The molecule has 1 N–H and O–H groups in total. The molecule has 0 bridgehead atoms. The van der Waals surface area contributed by atoms with Crippen LogP contribution in [0.4, 0.5) is 11.4 Å². The predicted octanol–water partition coefficient (Wildman–Crippen LogP) is 1.49. The van der Waals surface area contributed by atoms with Crippen molar-refractivity contribution in [3.63, 3.8) is 0 Å². The van der Waals surface area contributed by atoms with E-state index in [2.05, 4.69) is 33.0 Å². The number of para-hydroxylation sites is 1. The van der Waals surface area contributed by atoms with Crippen molar-refractivity contribution in [1.29, 1.82) is 0 Å². The van der Waals surface area contributed by atoms with Crippen LogP contribution in [0.5, 0.6) is 0 Å². The third kappa shape index (κ3) is 3.27. The van der Waals surface area contributed by atoms with Crippen LogP contribution in [0.3, 0.4) is 0 Å². The van der Waals surface area contributed by atoms with Gasteiger partial charge in [0.2, 0.25) is 5.91 Å². The number of halogens is 1. The Morgan fingerprint density at radius 1 is 0.885 bits per heavy atom. The molecule has 6 heteroatoms. The summed E-state index contributed by atoms with van der Waals surface area (Å²) in [7, 11) is 0. The molecule has 2 heterocycles. The quantitative estimate of drug-likeness (QED) is 0.773. The van der Waals surface area contributed by atoms with E-state index in [-0.39, 0.29) is 17.9 Å². The fraction of sp³-hybridized carbons (Fsp3) is 0.300. The van der Waals surface area contributed by atoms with Gasteiger partial charge >= 0.3 is 0 Å². The molecule has 2 saturated heterocycles. The molecule has 0 radical (unpaired) electrons. The van der Waals surface area contributed by atoms with Crippen molar-refractivity contribution in [1.82, 2.24) is 0 Å². The van der Waals surface area contributed by atoms with E-state index in [1.54, 1.807) is 0 Å². The second-order valence-electron chi connectivity index (χ2n) is 6.78. The monoisotopic (exact) mass is 414 g/mol. The van der Waals surface area contributed by atoms with Crippen molar-refractivity contribution in [3.8, 4) is 0 Å². The van der Waals surface area contributed by atoms with Crippen LogP contribution < -0.4 is 14.7 Å². The number of piperazine rings is 1. The van der Waals surface area contributed by atoms with Crippen molar-refractivity contribution in [2.75, 3.05) is 36.0 Å². The second-order valence-corrected chi connectivity index (χ2v) is 7.70. The van der Waals surface area contributed by atoms with Crippen LogP contribution in [0, 0.1) is 0 Å². The molecule has 2 fully saturated rings. The summed E-state index contributed by atoms with van der Waals surface area (Å²) in [6.07, 6.45) is 0.301. The third-order valence-corrected chi connectivity index (χ3v) is 5.78. The van der Waals surface area contributed by atoms with E-state index in [0.717, 1.165) is 30.7 Å². The van der Waals surface area contributed by atoms with E-state index in [1.807, 2.05) is 42.5 Å². The summed E-state index contributed by atoms with van der Waals surface area (Å²) in [6, 6.07) is 17.4. The van der Waals surface area contributed by atoms with Gasteiger partial charge in [0.05, 0.1) is 38.3 Å². The number of imide groups is 1. The molecule has 2 aromatic rings. The minimum Gasteiger partial charge on any atom is -0.360 e. The molecular weight excluding hydrogens is 394 g/mol. The van der Waals surface area contributed by atoms with Crippen molar-refractivity contribution < 1.29 is 14.5 Å². The van der Waals surface area contributed by atoms with Crippen LogP contribution in [-0.2, 0) is 9.59 Å². The summed E-state index contributed by atoms with van der Waals surface area (Å²) in [6.45, 7) is 3.53. The van der Waals surface area contributed by atoms with E-state index in [1.165, 1.54) is 15.5 Å². The largest absolute Gasteiger partial charge is 0.360 e. The van der Waals surface area contributed by atoms with Crippen molar-refractivity contribution in [2.45, 2.75) is 12.5 Å². The summed E-state index contributed by atoms with van der Waals surface area (Å²) in [5.41, 5.74) is 1.88. The van der Waals surface area contributed by atoms with E-state index in [4.69, 9.17) is 0 Å². The third-order valence-electron chi connectivity index (χ3n) is 5.25. The topological polar surface area (TPSA) is 45.1 Å². The van der Waals surface area contributed by atoms with Gasteiger partial charge in [0.15, 0.2) is 6.04 Å². The van der Waals surface area contributed by atoms with Crippen molar-refractivity contribution in [3.05, 3.63) is 59.1 Å². The number of nitrogens with one attached hydrogen (secondary N) is 1. The number of amides is 2. The minimum atomic E-state index is -0.260. The molecule has 2 aromatic carbocycles. The van der Waals surface area contributed by atoms with Gasteiger partial charge in [-0.2, -0.15) is 0 Å². The van der Waals surface area contributed by atoms with Crippen molar-refractivity contribution in [2.24, 2.45) is 0 Å². The van der Waals surface area contributed by atoms with Gasteiger partial charge in [-0.3, -0.25) is 9.59 Å². The first-order chi connectivity index (χ1) is 12.6. The number of quaternary nitrogens is 1. The summed E-state index contributed by atoms with van der Waals surface area (Å²) in [5, 5.41) is 0. The fourth-order valence-electron chi connectivity index (χ4n) is 3.85. The van der Waals surface area contributed by atoms with Crippen LogP contribution in [0.25, 0.3) is 0 Å². The minimum absolute atomic E-state index is 0.0690. The number of carbonyl (C=O) groups is 2. The highest BCUT2D eigenvalue weighted by molar-refractivity contribution is 9.10. The number of anilines is 2. The van der Waals surface area contributed by atoms with Gasteiger partial charge in [-0.1, -0.05) is 34.1 Å². The highest BCUT2D eigenvalue weighted by Crippen LogP contribution is 2.24. The van der Waals surface area contributed by atoms with Crippen LogP contribution in [0.2, 0.25) is 0 Å². The highest BCUT2D eigenvalue weighted by atomic mass is 79.9. The lowest BCUT2D eigenvalue weighted by Crippen LogP contribution is -3.19. The van der Waals surface area contributed by atoms with Gasteiger partial charge in [-0.25, -0.2) is 4.90 Å². The first-order valence-corrected chi connectivity index (χ1v) is 9.70. The molecule has 4 rings (SSSR count). The summed E-state index contributed by atoms with van der Waals surface area (Å²) < 4.78 is 0.930. The number of hydrogen-bond donors (Lipinski definition) is 1. The zero-order valence-corrected chi connectivity index (χ0v) is 16.0. The molecule has 2 aliphatic heterocycles. The van der Waals surface area contributed by atoms with Crippen LogP contribution in [-0.4, -0.2) is 44.0 Å². The maximum atomic E-state index is 12.9. The van der Waals surface area contributed by atoms with Gasteiger partial charge < -0.3 is 9.80 Å². The zero-order chi connectivity index (χ0) is 18.1. The maximum absolute atomic E-state index is 12.9. The Balaban J connectivity index is 1.44. The summed E-state index contributed by atoms with van der Waals surface area (Å²) in [5.74, 6) is -0.166. The zero-order valence-electron chi connectivity index (χ0n) is 14.4. The number of benzene rings is 2. The summed E-state index contributed by atoms with van der Waals surface area (Å²) >= 11 is 3.39. The lowest BCUT2D eigenvalue weighted by molar-refractivity contribution is -0.915. The molecule has 26 heavy (non-hydrogen) atoms. The van der Waals surface area contributed by atoms with Gasteiger partial charge in [0.1, 0.15) is 0 Å². The van der Waals surface area contributed by atoms with E-state index >= 15 is 0 Å². The molecule has 0 saturated carbocycles. The van der Waals surface area contributed by atoms with Crippen molar-refractivity contribution >= 4 is 39.1 Å². The molecule has 134 valence electrons. The predicted molar refractivity (Wildman–Crippen MR) is 104 cm³/mol. The highest BCUT2D eigenvalue weighted by Gasteiger charge is 2.46. The number of rotatable bonds is 3. The average Bonchev–Trinajstić information content (AvgIpc) is 2.98. The standard InChI is InChI=1S/C20H20BrN3O2/c21-15-6-8-17(9-7-15)24-19(25)14-18(20(24)26)23-12-10-22(11-13-23)16-4-2-1-3-5-16/h1-9,18H,10-14H2/p+1/t18-/m0/s1. The van der Waals surface area contributed by atoms with Crippen LogP contribution in [0.1, 0.15) is 6.42 Å². The Labute approximate surface area is 161 Å². The first kappa shape index (κ1) is 17.2. The maximum Gasteiger partial charge on any atom is 0.292 e. The van der Waals surface area contributed by atoms with Crippen LogP contribution in [0.15, 0.2) is 59.1 Å². The Morgan fingerprint density at radius 3 is 2.19 bits per heavy atom. The smallest absolute Gasteiger partial charge is 0.292 e.